The molecule has 1 heterocycles. The lowest BCUT2D eigenvalue weighted by Gasteiger charge is -2.18. The van der Waals surface area contributed by atoms with Crippen LogP contribution in [0.25, 0.3) is 0 Å². The molecule has 0 saturated carbocycles. The number of hydrogen-bond acceptors (Lipinski definition) is 4. The van der Waals surface area contributed by atoms with E-state index in [1.807, 2.05) is 13.1 Å². The van der Waals surface area contributed by atoms with Crippen LogP contribution in [0.1, 0.15) is 11.4 Å². The molecule has 4 nitrogen and oxygen atoms in total. The van der Waals surface area contributed by atoms with Gasteiger partial charge in [0.25, 0.3) is 0 Å². The standard InChI is InChI=1S/C14H17BrN4/c1-19(14-6-8-17-13(10-16)18-14)9-7-11-2-4-12(15)5-3-11/h2-6,8H,7,9-10,16H2,1H3. The molecule has 0 saturated heterocycles. The molecular formula is C14H17BrN4. The van der Waals surface area contributed by atoms with E-state index in [0.717, 1.165) is 23.3 Å². The highest BCUT2D eigenvalue weighted by Crippen LogP contribution is 2.13. The normalized spacial score (nSPS) is 10.5. The number of nitrogens with two attached hydrogens (primary N) is 1. The van der Waals surface area contributed by atoms with Crippen LogP contribution in [0.3, 0.4) is 0 Å². The maximum atomic E-state index is 5.55. The van der Waals surface area contributed by atoms with E-state index in [4.69, 9.17) is 5.73 Å². The SMILES string of the molecule is CN(CCc1ccc(Br)cc1)c1ccnc(CN)n1. The number of aromatic nitrogens is 2. The molecule has 0 radical (unpaired) electrons. The van der Waals surface area contributed by atoms with Crippen LogP contribution in [0.5, 0.6) is 0 Å². The summed E-state index contributed by atoms with van der Waals surface area (Å²) < 4.78 is 1.10. The van der Waals surface area contributed by atoms with Crippen molar-refractivity contribution in [1.82, 2.24) is 9.97 Å². The van der Waals surface area contributed by atoms with Crippen LogP contribution >= 0.6 is 15.9 Å². The Labute approximate surface area is 121 Å². The predicted octanol–water partition coefficient (Wildman–Crippen LogP) is 2.38. The van der Waals surface area contributed by atoms with Gasteiger partial charge < -0.3 is 10.6 Å². The quantitative estimate of drug-likeness (QED) is 0.919. The maximum absolute atomic E-state index is 5.55. The van der Waals surface area contributed by atoms with Gasteiger partial charge in [-0.05, 0) is 30.2 Å². The summed E-state index contributed by atoms with van der Waals surface area (Å²) in [6.45, 7) is 1.27. The Bertz CT molecular complexity index is 527. The molecule has 0 spiro atoms. The Morgan fingerprint density at radius 3 is 2.63 bits per heavy atom. The van der Waals surface area contributed by atoms with E-state index in [0.29, 0.717) is 12.4 Å². The summed E-state index contributed by atoms with van der Waals surface area (Å²) in [6, 6.07) is 10.3. The first-order valence-corrected chi connectivity index (χ1v) is 6.96. The lowest BCUT2D eigenvalue weighted by molar-refractivity contribution is 0.831. The summed E-state index contributed by atoms with van der Waals surface area (Å²) in [6.07, 6.45) is 2.73. The summed E-state index contributed by atoms with van der Waals surface area (Å²) in [5.41, 5.74) is 6.86. The molecule has 100 valence electrons. The molecule has 5 heteroatoms. The molecule has 2 aromatic rings. The Morgan fingerprint density at radius 1 is 1.21 bits per heavy atom. The van der Waals surface area contributed by atoms with E-state index in [1.165, 1.54) is 5.56 Å². The number of benzene rings is 1. The van der Waals surface area contributed by atoms with E-state index < -0.39 is 0 Å². The second kappa shape index (κ2) is 6.63. The second-order valence-electron chi connectivity index (χ2n) is 4.33. The van der Waals surface area contributed by atoms with Crippen LogP contribution in [0, 0.1) is 0 Å². The van der Waals surface area contributed by atoms with Crippen molar-refractivity contribution in [1.29, 1.82) is 0 Å². The number of nitrogens with zero attached hydrogens (tertiary/aromatic N) is 3. The van der Waals surface area contributed by atoms with Crippen molar-refractivity contribution in [3.63, 3.8) is 0 Å². The van der Waals surface area contributed by atoms with Crippen molar-refractivity contribution in [3.05, 3.63) is 52.4 Å². The largest absolute Gasteiger partial charge is 0.359 e. The van der Waals surface area contributed by atoms with E-state index in [1.54, 1.807) is 6.20 Å². The first-order chi connectivity index (χ1) is 9.19. The fraction of sp³-hybridized carbons (Fsp3) is 0.286. The summed E-state index contributed by atoms with van der Waals surface area (Å²) in [5.74, 6) is 1.58. The zero-order valence-corrected chi connectivity index (χ0v) is 12.5. The average molecular weight is 321 g/mol. The van der Waals surface area contributed by atoms with E-state index in [9.17, 15) is 0 Å². The minimum absolute atomic E-state index is 0.369. The third-order valence-electron chi connectivity index (χ3n) is 2.91. The molecule has 1 aromatic heterocycles. The van der Waals surface area contributed by atoms with Gasteiger partial charge in [0, 0.05) is 24.3 Å². The van der Waals surface area contributed by atoms with Crippen molar-refractivity contribution in [3.8, 4) is 0 Å². The van der Waals surface area contributed by atoms with Gasteiger partial charge in [-0.1, -0.05) is 28.1 Å². The molecule has 0 fully saturated rings. The molecule has 0 aliphatic rings. The van der Waals surface area contributed by atoms with E-state index in [2.05, 4.69) is 55.1 Å². The second-order valence-corrected chi connectivity index (χ2v) is 5.25. The van der Waals surface area contributed by atoms with Gasteiger partial charge in [-0.25, -0.2) is 9.97 Å². The first-order valence-electron chi connectivity index (χ1n) is 6.16. The third-order valence-corrected chi connectivity index (χ3v) is 3.44. The third kappa shape index (κ3) is 4.01. The first kappa shape index (κ1) is 14.0. The predicted molar refractivity (Wildman–Crippen MR) is 81.0 cm³/mol. The van der Waals surface area contributed by atoms with Gasteiger partial charge in [0.1, 0.15) is 11.6 Å². The van der Waals surface area contributed by atoms with Crippen molar-refractivity contribution < 1.29 is 0 Å². The molecule has 0 atom stereocenters. The lowest BCUT2D eigenvalue weighted by Crippen LogP contribution is -2.22. The summed E-state index contributed by atoms with van der Waals surface area (Å²) in [4.78, 5) is 10.6. The Hall–Kier alpha value is -1.46. The summed E-state index contributed by atoms with van der Waals surface area (Å²) >= 11 is 3.44. The fourth-order valence-electron chi connectivity index (χ4n) is 1.76. The van der Waals surface area contributed by atoms with Gasteiger partial charge in [-0.3, -0.25) is 0 Å². The average Bonchev–Trinajstić information content (AvgIpc) is 2.46. The van der Waals surface area contributed by atoms with Gasteiger partial charge in [0.15, 0.2) is 0 Å². The van der Waals surface area contributed by atoms with Gasteiger partial charge in [0.2, 0.25) is 0 Å². The Balaban J connectivity index is 1.96. The molecule has 2 N–H and O–H groups in total. The maximum Gasteiger partial charge on any atom is 0.144 e. The molecule has 0 aliphatic carbocycles. The summed E-state index contributed by atoms with van der Waals surface area (Å²) in [7, 11) is 2.03. The number of rotatable bonds is 5. The highest BCUT2D eigenvalue weighted by molar-refractivity contribution is 9.10. The van der Waals surface area contributed by atoms with Crippen molar-refractivity contribution in [2.24, 2.45) is 5.73 Å². The number of hydrogen-bond donors (Lipinski definition) is 1. The van der Waals surface area contributed by atoms with Crippen molar-refractivity contribution in [2.45, 2.75) is 13.0 Å². The van der Waals surface area contributed by atoms with Gasteiger partial charge >= 0.3 is 0 Å². The van der Waals surface area contributed by atoms with Crippen LogP contribution in [0.2, 0.25) is 0 Å². The fourth-order valence-corrected chi connectivity index (χ4v) is 2.03. The Morgan fingerprint density at radius 2 is 1.95 bits per heavy atom. The van der Waals surface area contributed by atoms with Crippen molar-refractivity contribution >= 4 is 21.7 Å². The molecule has 0 unspecified atom stereocenters. The highest BCUT2D eigenvalue weighted by atomic mass is 79.9. The zero-order valence-electron chi connectivity index (χ0n) is 10.9. The van der Waals surface area contributed by atoms with Crippen LogP contribution in [0.15, 0.2) is 41.0 Å². The minimum Gasteiger partial charge on any atom is -0.359 e. The molecule has 2 rings (SSSR count). The number of likely N-dealkylation sites (N-methyl/N-ethyl adjacent to an activating group) is 1. The van der Waals surface area contributed by atoms with E-state index in [-0.39, 0.29) is 0 Å². The number of halogens is 1. The zero-order chi connectivity index (χ0) is 13.7. The smallest absolute Gasteiger partial charge is 0.144 e. The van der Waals surface area contributed by atoms with Crippen molar-refractivity contribution in [2.75, 3.05) is 18.5 Å². The summed E-state index contributed by atoms with van der Waals surface area (Å²) in [5, 5.41) is 0. The topological polar surface area (TPSA) is 55.0 Å². The van der Waals surface area contributed by atoms with Crippen LogP contribution in [0.4, 0.5) is 5.82 Å². The van der Waals surface area contributed by atoms with E-state index >= 15 is 0 Å². The molecule has 0 amide bonds. The number of anilines is 1. The van der Waals surface area contributed by atoms with Crippen LogP contribution in [-0.2, 0) is 13.0 Å². The monoisotopic (exact) mass is 320 g/mol. The van der Waals surface area contributed by atoms with Gasteiger partial charge in [-0.2, -0.15) is 0 Å². The van der Waals surface area contributed by atoms with Gasteiger partial charge in [0.05, 0.1) is 6.54 Å². The minimum atomic E-state index is 0.369. The Kier molecular flexibility index (Phi) is 4.87. The lowest BCUT2D eigenvalue weighted by atomic mass is 10.1. The molecule has 0 bridgehead atoms. The van der Waals surface area contributed by atoms with Gasteiger partial charge in [-0.15, -0.1) is 0 Å². The highest BCUT2D eigenvalue weighted by Gasteiger charge is 2.04. The molecule has 0 aliphatic heterocycles. The van der Waals surface area contributed by atoms with Crippen LogP contribution < -0.4 is 10.6 Å². The molecular weight excluding hydrogens is 304 g/mol. The molecule has 19 heavy (non-hydrogen) atoms. The molecule has 1 aromatic carbocycles. The van der Waals surface area contributed by atoms with Crippen LogP contribution in [-0.4, -0.2) is 23.6 Å².